The van der Waals surface area contributed by atoms with Gasteiger partial charge in [0, 0.05) is 6.61 Å². The van der Waals surface area contributed by atoms with E-state index in [2.05, 4.69) is 0 Å². The largest absolute Gasteiger partial charge is 0.373 e. The van der Waals surface area contributed by atoms with E-state index in [0.29, 0.717) is 12.2 Å². The molecule has 1 rings (SSSR count). The van der Waals surface area contributed by atoms with Crippen LogP contribution in [-0.4, -0.2) is 19.0 Å². The van der Waals surface area contributed by atoms with Gasteiger partial charge in [0.2, 0.25) is 0 Å². The van der Waals surface area contributed by atoms with Crippen molar-refractivity contribution < 1.29 is 13.9 Å². The number of benzene rings is 1. The van der Waals surface area contributed by atoms with Crippen LogP contribution in [0.25, 0.3) is 0 Å². The third-order valence-corrected chi connectivity index (χ3v) is 2.29. The molecule has 0 aromatic heterocycles. The standard InChI is InChI=1S/C13H17FO2/c1-4-5-16-8-12(15)13-10(3)6-9(2)7-11(13)14/h6-7H,4-5,8H2,1-3H3. The molecule has 0 spiro atoms. The first-order chi connectivity index (χ1) is 7.56. The molecule has 0 N–H and O–H groups in total. The van der Waals surface area contributed by atoms with Crippen LogP contribution < -0.4 is 0 Å². The normalized spacial score (nSPS) is 10.5. The van der Waals surface area contributed by atoms with Gasteiger partial charge in [0.05, 0.1) is 5.56 Å². The Morgan fingerprint density at radius 2 is 2.06 bits per heavy atom. The topological polar surface area (TPSA) is 26.3 Å². The second kappa shape index (κ2) is 5.75. The van der Waals surface area contributed by atoms with Crippen LogP contribution in [0.3, 0.4) is 0 Å². The van der Waals surface area contributed by atoms with Crippen molar-refractivity contribution in [2.45, 2.75) is 27.2 Å². The first kappa shape index (κ1) is 12.8. The number of rotatable bonds is 5. The quantitative estimate of drug-likeness (QED) is 0.567. The van der Waals surface area contributed by atoms with Gasteiger partial charge in [-0.3, -0.25) is 4.79 Å². The van der Waals surface area contributed by atoms with Crippen LogP contribution in [0.4, 0.5) is 4.39 Å². The van der Waals surface area contributed by atoms with E-state index in [-0.39, 0.29) is 18.0 Å². The first-order valence-corrected chi connectivity index (χ1v) is 5.44. The van der Waals surface area contributed by atoms with Crippen molar-refractivity contribution in [1.82, 2.24) is 0 Å². The Bertz CT molecular complexity index is 363. The minimum Gasteiger partial charge on any atom is -0.373 e. The summed E-state index contributed by atoms with van der Waals surface area (Å²) < 4.78 is 18.7. The van der Waals surface area contributed by atoms with Gasteiger partial charge in [-0.25, -0.2) is 4.39 Å². The highest BCUT2D eigenvalue weighted by atomic mass is 19.1. The molecule has 88 valence electrons. The van der Waals surface area contributed by atoms with Gasteiger partial charge in [-0.2, -0.15) is 0 Å². The molecule has 0 aliphatic heterocycles. The Hall–Kier alpha value is -1.22. The number of carbonyl (C=O) groups excluding carboxylic acids is 1. The Kier molecular flexibility index (Phi) is 4.62. The van der Waals surface area contributed by atoms with Gasteiger partial charge < -0.3 is 4.74 Å². The van der Waals surface area contributed by atoms with Crippen molar-refractivity contribution in [3.63, 3.8) is 0 Å². The number of hydrogen-bond acceptors (Lipinski definition) is 2. The molecule has 0 aliphatic rings. The summed E-state index contributed by atoms with van der Waals surface area (Å²) in [7, 11) is 0. The van der Waals surface area contributed by atoms with E-state index >= 15 is 0 Å². The summed E-state index contributed by atoms with van der Waals surface area (Å²) in [6.07, 6.45) is 0.850. The van der Waals surface area contributed by atoms with Gasteiger partial charge in [-0.05, 0) is 37.5 Å². The summed E-state index contributed by atoms with van der Waals surface area (Å²) in [6.45, 7) is 5.98. The highest BCUT2D eigenvalue weighted by molar-refractivity contribution is 5.98. The molecule has 1 aromatic rings. The van der Waals surface area contributed by atoms with Crippen molar-refractivity contribution in [3.8, 4) is 0 Å². The Morgan fingerprint density at radius 3 is 2.62 bits per heavy atom. The number of ketones is 1. The van der Waals surface area contributed by atoms with Crippen LogP contribution in [0.5, 0.6) is 0 Å². The highest BCUT2D eigenvalue weighted by Crippen LogP contribution is 2.16. The number of Topliss-reactive ketones (excluding diaryl/α,β-unsaturated/α-hetero) is 1. The summed E-state index contributed by atoms with van der Waals surface area (Å²) in [4.78, 5) is 11.7. The van der Waals surface area contributed by atoms with E-state index < -0.39 is 5.82 Å². The molecule has 0 unspecified atom stereocenters. The third-order valence-electron chi connectivity index (χ3n) is 2.29. The third kappa shape index (κ3) is 3.14. The second-order valence-corrected chi connectivity index (χ2v) is 3.91. The molecule has 0 heterocycles. The van der Waals surface area contributed by atoms with E-state index in [1.807, 2.05) is 6.92 Å². The molecule has 16 heavy (non-hydrogen) atoms. The summed E-state index contributed by atoms with van der Waals surface area (Å²) in [5.74, 6) is -0.744. The van der Waals surface area contributed by atoms with Crippen LogP contribution in [-0.2, 0) is 4.74 Å². The fourth-order valence-corrected chi connectivity index (χ4v) is 1.65. The number of ether oxygens (including phenoxy) is 1. The van der Waals surface area contributed by atoms with Crippen LogP contribution >= 0.6 is 0 Å². The van der Waals surface area contributed by atoms with Crippen molar-refractivity contribution >= 4 is 5.78 Å². The number of carbonyl (C=O) groups is 1. The average Bonchev–Trinajstić information content (AvgIpc) is 2.16. The maximum atomic E-state index is 13.6. The minimum atomic E-state index is -0.456. The molecule has 0 fully saturated rings. The molecule has 1 aromatic carbocycles. The van der Waals surface area contributed by atoms with E-state index in [1.165, 1.54) is 6.07 Å². The molecule has 0 aliphatic carbocycles. The second-order valence-electron chi connectivity index (χ2n) is 3.91. The fourth-order valence-electron chi connectivity index (χ4n) is 1.65. The molecular weight excluding hydrogens is 207 g/mol. The first-order valence-electron chi connectivity index (χ1n) is 5.44. The predicted octanol–water partition coefficient (Wildman–Crippen LogP) is 3.05. The Morgan fingerprint density at radius 1 is 1.38 bits per heavy atom. The molecule has 0 bridgehead atoms. The Labute approximate surface area is 95.4 Å². The molecule has 0 amide bonds. The lowest BCUT2D eigenvalue weighted by molar-refractivity contribution is 0.0756. The minimum absolute atomic E-state index is 0.0470. The van der Waals surface area contributed by atoms with E-state index in [0.717, 1.165) is 12.0 Å². The summed E-state index contributed by atoms with van der Waals surface area (Å²) in [5, 5.41) is 0. The van der Waals surface area contributed by atoms with Crippen LogP contribution in [0, 0.1) is 19.7 Å². The van der Waals surface area contributed by atoms with Gasteiger partial charge in [-0.15, -0.1) is 0 Å². The monoisotopic (exact) mass is 224 g/mol. The lowest BCUT2D eigenvalue weighted by Crippen LogP contribution is -2.13. The van der Waals surface area contributed by atoms with Gasteiger partial charge in [0.15, 0.2) is 5.78 Å². The van der Waals surface area contributed by atoms with Crippen molar-refractivity contribution in [1.29, 1.82) is 0 Å². The number of aryl methyl sites for hydroxylation is 2. The predicted molar refractivity (Wildman–Crippen MR) is 61.3 cm³/mol. The van der Waals surface area contributed by atoms with Crippen LogP contribution in [0.2, 0.25) is 0 Å². The van der Waals surface area contributed by atoms with Crippen molar-refractivity contribution in [2.24, 2.45) is 0 Å². The smallest absolute Gasteiger partial charge is 0.191 e. The molecule has 0 radical (unpaired) electrons. The SMILES string of the molecule is CCCOCC(=O)c1c(C)cc(C)cc1F. The molecule has 0 saturated heterocycles. The molecule has 0 atom stereocenters. The number of hydrogen-bond donors (Lipinski definition) is 0. The fraction of sp³-hybridized carbons (Fsp3) is 0.462. The van der Waals surface area contributed by atoms with Crippen LogP contribution in [0.1, 0.15) is 34.8 Å². The highest BCUT2D eigenvalue weighted by Gasteiger charge is 2.15. The average molecular weight is 224 g/mol. The van der Waals surface area contributed by atoms with E-state index in [4.69, 9.17) is 4.74 Å². The molecule has 2 nitrogen and oxygen atoms in total. The summed E-state index contributed by atoms with van der Waals surface area (Å²) >= 11 is 0. The van der Waals surface area contributed by atoms with Crippen LogP contribution in [0.15, 0.2) is 12.1 Å². The molecule has 0 saturated carbocycles. The lowest BCUT2D eigenvalue weighted by Gasteiger charge is -2.08. The summed E-state index contributed by atoms with van der Waals surface area (Å²) in [6, 6.07) is 3.18. The van der Waals surface area contributed by atoms with Crippen molar-refractivity contribution in [2.75, 3.05) is 13.2 Å². The molecular formula is C13H17FO2. The zero-order valence-corrected chi connectivity index (χ0v) is 9.97. The maximum absolute atomic E-state index is 13.6. The van der Waals surface area contributed by atoms with Gasteiger partial charge in [0.25, 0.3) is 0 Å². The zero-order valence-electron chi connectivity index (χ0n) is 9.97. The van der Waals surface area contributed by atoms with E-state index in [9.17, 15) is 9.18 Å². The zero-order chi connectivity index (χ0) is 12.1. The van der Waals surface area contributed by atoms with Gasteiger partial charge in [0.1, 0.15) is 12.4 Å². The van der Waals surface area contributed by atoms with Crippen molar-refractivity contribution in [3.05, 3.63) is 34.6 Å². The summed E-state index contributed by atoms with van der Waals surface area (Å²) in [5.41, 5.74) is 1.64. The maximum Gasteiger partial charge on any atom is 0.191 e. The Balaban J connectivity index is 2.83. The number of halogens is 1. The van der Waals surface area contributed by atoms with Gasteiger partial charge >= 0.3 is 0 Å². The molecule has 3 heteroatoms. The van der Waals surface area contributed by atoms with E-state index in [1.54, 1.807) is 19.9 Å². The lowest BCUT2D eigenvalue weighted by atomic mass is 10.0. The van der Waals surface area contributed by atoms with Gasteiger partial charge in [-0.1, -0.05) is 13.0 Å².